The van der Waals surface area contributed by atoms with E-state index in [1.165, 1.54) is 23.1 Å². The molecule has 3 aromatic rings. The van der Waals surface area contributed by atoms with Crippen molar-refractivity contribution in [3.63, 3.8) is 0 Å². The lowest BCUT2D eigenvalue weighted by atomic mass is 9.97. The van der Waals surface area contributed by atoms with Crippen LogP contribution in [0, 0.1) is 0 Å². The number of H-pyrrole nitrogens is 1. The summed E-state index contributed by atoms with van der Waals surface area (Å²) in [6.45, 7) is 1.98. The average Bonchev–Trinajstić information content (AvgIpc) is 3.22. The number of benzene rings is 1. The monoisotopic (exact) mass is 469 g/mol. The molecule has 166 valence electrons. The lowest BCUT2D eigenvalue weighted by molar-refractivity contribution is -0.113. The van der Waals surface area contributed by atoms with Crippen LogP contribution in [0.5, 0.6) is 0 Å². The molecule has 7 nitrogen and oxygen atoms in total. The van der Waals surface area contributed by atoms with Gasteiger partial charge in [0.15, 0.2) is 5.16 Å². The Kier molecular flexibility index (Phi) is 7.06. The van der Waals surface area contributed by atoms with Gasteiger partial charge in [0, 0.05) is 16.5 Å². The van der Waals surface area contributed by atoms with E-state index in [-0.39, 0.29) is 23.8 Å². The Balaban J connectivity index is 1.50. The van der Waals surface area contributed by atoms with Crippen LogP contribution in [0.15, 0.2) is 45.7 Å². The van der Waals surface area contributed by atoms with Gasteiger partial charge in [-0.15, -0.1) is 11.3 Å². The molecule has 9 heteroatoms. The molecule has 0 fully saturated rings. The van der Waals surface area contributed by atoms with Gasteiger partial charge in [-0.2, -0.15) is 0 Å². The topological polar surface area (TPSA) is 101 Å². The molecule has 1 aliphatic carbocycles. The zero-order valence-electron chi connectivity index (χ0n) is 17.6. The second-order valence-corrected chi connectivity index (χ2v) is 9.12. The third-order valence-corrected chi connectivity index (χ3v) is 6.89. The summed E-state index contributed by atoms with van der Waals surface area (Å²) in [5, 5.41) is 5.55. The Bertz CT molecular complexity index is 1190. The van der Waals surface area contributed by atoms with Crippen LogP contribution >= 0.6 is 23.1 Å². The number of ether oxygens (including phenoxy) is 1. The largest absolute Gasteiger partial charge is 0.462 e. The smallest absolute Gasteiger partial charge is 0.341 e. The van der Waals surface area contributed by atoms with Crippen LogP contribution in [0.25, 0.3) is 11.1 Å². The second kappa shape index (κ2) is 10.1. The highest BCUT2D eigenvalue weighted by atomic mass is 32.2. The fourth-order valence-electron chi connectivity index (χ4n) is 3.63. The molecule has 32 heavy (non-hydrogen) atoms. The van der Waals surface area contributed by atoms with E-state index in [9.17, 15) is 14.4 Å². The summed E-state index contributed by atoms with van der Waals surface area (Å²) >= 11 is 2.45. The number of nitrogens with one attached hydrogen (secondary N) is 2. The van der Waals surface area contributed by atoms with E-state index in [0.29, 0.717) is 15.7 Å². The number of carbonyl (C=O) groups excluding carboxylic acids is 2. The molecule has 0 saturated heterocycles. The summed E-state index contributed by atoms with van der Waals surface area (Å²) in [5.74, 6) is -0.707. The van der Waals surface area contributed by atoms with Gasteiger partial charge in [-0.1, -0.05) is 42.1 Å². The van der Waals surface area contributed by atoms with Gasteiger partial charge >= 0.3 is 5.97 Å². The Morgan fingerprint density at radius 3 is 2.78 bits per heavy atom. The summed E-state index contributed by atoms with van der Waals surface area (Å²) in [5.41, 5.74) is 3.42. The van der Waals surface area contributed by atoms with Crippen molar-refractivity contribution >= 4 is 40.0 Å². The summed E-state index contributed by atoms with van der Waals surface area (Å²) < 4.78 is 5.23. The third-order valence-electron chi connectivity index (χ3n) is 5.12. The van der Waals surface area contributed by atoms with Gasteiger partial charge in [0.05, 0.1) is 18.1 Å². The van der Waals surface area contributed by atoms with Gasteiger partial charge in [-0.25, -0.2) is 9.78 Å². The molecule has 0 radical (unpaired) electrons. The Hall–Kier alpha value is -2.91. The van der Waals surface area contributed by atoms with Crippen LogP contribution in [-0.2, 0) is 22.4 Å². The quantitative estimate of drug-likeness (QED) is 0.304. The van der Waals surface area contributed by atoms with Crippen molar-refractivity contribution in [2.75, 3.05) is 17.7 Å². The first-order valence-corrected chi connectivity index (χ1v) is 12.3. The fourth-order valence-corrected chi connectivity index (χ4v) is 5.28. The van der Waals surface area contributed by atoms with Gasteiger partial charge in [0.1, 0.15) is 10.6 Å². The summed E-state index contributed by atoms with van der Waals surface area (Å²) in [7, 11) is 0. The minimum atomic E-state index is -0.476. The van der Waals surface area contributed by atoms with Gasteiger partial charge in [0.2, 0.25) is 5.91 Å². The van der Waals surface area contributed by atoms with Crippen molar-refractivity contribution in [2.24, 2.45) is 0 Å². The molecule has 0 aliphatic heterocycles. The maximum absolute atomic E-state index is 12.6. The van der Waals surface area contributed by atoms with Gasteiger partial charge in [-0.05, 0) is 38.2 Å². The Morgan fingerprint density at radius 2 is 2.00 bits per heavy atom. The number of nitrogens with zero attached hydrogens (tertiary/aromatic N) is 1. The molecular formula is C23H23N3O4S2. The second-order valence-electron chi connectivity index (χ2n) is 7.28. The van der Waals surface area contributed by atoms with Crippen molar-refractivity contribution in [3.05, 3.63) is 62.9 Å². The maximum Gasteiger partial charge on any atom is 0.341 e. The van der Waals surface area contributed by atoms with Crippen LogP contribution in [0.3, 0.4) is 0 Å². The van der Waals surface area contributed by atoms with Crippen LogP contribution in [0.4, 0.5) is 5.00 Å². The molecule has 2 aromatic heterocycles. The average molecular weight is 470 g/mol. The molecule has 1 amide bonds. The first kappa shape index (κ1) is 22.3. The van der Waals surface area contributed by atoms with Crippen molar-refractivity contribution < 1.29 is 14.3 Å². The number of fused-ring (bicyclic) bond motifs is 1. The van der Waals surface area contributed by atoms with Crippen molar-refractivity contribution in [1.29, 1.82) is 0 Å². The number of hydrogen-bond acceptors (Lipinski definition) is 7. The fraction of sp³-hybridized carbons (Fsp3) is 0.304. The van der Waals surface area contributed by atoms with Gasteiger partial charge < -0.3 is 15.0 Å². The van der Waals surface area contributed by atoms with E-state index in [1.807, 2.05) is 35.7 Å². The molecule has 0 spiro atoms. The number of aryl methyl sites for hydroxylation is 1. The van der Waals surface area contributed by atoms with E-state index < -0.39 is 5.97 Å². The number of thiophene rings is 1. The molecule has 1 aromatic carbocycles. The molecule has 2 heterocycles. The molecule has 2 N–H and O–H groups in total. The summed E-state index contributed by atoms with van der Waals surface area (Å²) in [4.78, 5) is 44.8. The zero-order valence-corrected chi connectivity index (χ0v) is 19.2. The van der Waals surface area contributed by atoms with E-state index in [4.69, 9.17) is 4.74 Å². The third kappa shape index (κ3) is 4.94. The number of amides is 1. The summed E-state index contributed by atoms with van der Waals surface area (Å²) in [6.07, 6.45) is 3.56. The number of aromatic nitrogens is 2. The standard InChI is InChI=1S/C23H23N3O4S2/c1-2-30-22(29)19-16(14-8-4-3-5-9-14)12-31-21(19)25-18(27)13-32-23-24-17-11-7-6-10-15(17)20(28)26-23/h3-5,8-9,12H,2,6-7,10-11,13H2,1H3,(H,25,27)(H,24,26,28). The highest BCUT2D eigenvalue weighted by Crippen LogP contribution is 2.36. The number of hydrogen-bond donors (Lipinski definition) is 2. The maximum atomic E-state index is 12.6. The minimum Gasteiger partial charge on any atom is -0.462 e. The molecule has 0 atom stereocenters. The number of esters is 1. The predicted molar refractivity (Wildman–Crippen MR) is 127 cm³/mol. The number of thioether (sulfide) groups is 1. The van der Waals surface area contributed by atoms with Crippen molar-refractivity contribution in [1.82, 2.24) is 9.97 Å². The molecule has 0 unspecified atom stereocenters. The zero-order chi connectivity index (χ0) is 22.5. The normalized spacial score (nSPS) is 12.8. The van der Waals surface area contributed by atoms with Gasteiger partial charge in [0.25, 0.3) is 5.56 Å². The molecule has 4 rings (SSSR count). The predicted octanol–water partition coefficient (Wildman–Crippen LogP) is 4.28. The highest BCUT2D eigenvalue weighted by Gasteiger charge is 2.23. The molecule has 0 bridgehead atoms. The van der Waals surface area contributed by atoms with Crippen molar-refractivity contribution in [2.45, 2.75) is 37.8 Å². The minimum absolute atomic E-state index is 0.0581. The molecule has 0 saturated carbocycles. The number of rotatable bonds is 7. The van der Waals surface area contributed by atoms with E-state index in [2.05, 4.69) is 15.3 Å². The first-order valence-electron chi connectivity index (χ1n) is 10.5. The molecular weight excluding hydrogens is 446 g/mol. The number of anilines is 1. The van der Waals surface area contributed by atoms with Crippen LogP contribution < -0.4 is 10.9 Å². The van der Waals surface area contributed by atoms with Crippen LogP contribution in [0.2, 0.25) is 0 Å². The molecule has 1 aliphatic rings. The van der Waals surface area contributed by atoms with E-state index >= 15 is 0 Å². The lowest BCUT2D eigenvalue weighted by Gasteiger charge is -2.14. The SMILES string of the molecule is CCOC(=O)c1c(-c2ccccc2)csc1NC(=O)CSc1nc2c(c(=O)[nH]1)CCCC2. The Morgan fingerprint density at radius 1 is 1.22 bits per heavy atom. The van der Waals surface area contributed by atoms with Gasteiger partial charge in [-0.3, -0.25) is 9.59 Å². The Labute approximate surface area is 193 Å². The van der Waals surface area contributed by atoms with E-state index in [0.717, 1.165) is 48.1 Å². The highest BCUT2D eigenvalue weighted by molar-refractivity contribution is 7.99. The number of carbonyl (C=O) groups is 2. The summed E-state index contributed by atoms with van der Waals surface area (Å²) in [6, 6.07) is 9.50. The first-order chi connectivity index (χ1) is 15.6. The van der Waals surface area contributed by atoms with Crippen LogP contribution in [0.1, 0.15) is 41.4 Å². The lowest BCUT2D eigenvalue weighted by Crippen LogP contribution is -2.22. The van der Waals surface area contributed by atoms with E-state index in [1.54, 1.807) is 6.92 Å². The van der Waals surface area contributed by atoms with Crippen LogP contribution in [-0.4, -0.2) is 34.2 Å². The number of aromatic amines is 1. The van der Waals surface area contributed by atoms with Crippen molar-refractivity contribution in [3.8, 4) is 11.1 Å².